The molecule has 0 aliphatic heterocycles. The Balaban J connectivity index is 2.63. The van der Waals surface area contributed by atoms with Crippen LogP contribution in [0.4, 0.5) is 0 Å². The maximum atomic E-state index is 10.8. The van der Waals surface area contributed by atoms with Gasteiger partial charge in [-0.1, -0.05) is 25.6 Å². The lowest BCUT2D eigenvalue weighted by atomic mass is 10.1. The fourth-order valence-corrected chi connectivity index (χ4v) is 2.62. The highest BCUT2D eigenvalue weighted by molar-refractivity contribution is 8.02. The molecular weight excluding hydrogens is 206 g/mol. The number of nitrogens with zero attached hydrogens (tertiary/aromatic N) is 1. The number of hydrogen-bond acceptors (Lipinski definition) is 4. The molecule has 0 aromatic carbocycles. The summed E-state index contributed by atoms with van der Waals surface area (Å²) in [7, 11) is 0. The first-order valence-electron chi connectivity index (χ1n) is 3.90. The van der Waals surface area contributed by atoms with Crippen molar-refractivity contribution in [3.63, 3.8) is 0 Å². The van der Waals surface area contributed by atoms with E-state index in [1.807, 2.05) is 19.2 Å². The largest absolute Gasteiger partial charge is 0.480 e. The third kappa shape index (κ3) is 3.00. The second kappa shape index (κ2) is 4.62. The highest BCUT2D eigenvalue weighted by atomic mass is 32.2. The van der Waals surface area contributed by atoms with Crippen LogP contribution in [-0.4, -0.2) is 21.3 Å². The van der Waals surface area contributed by atoms with Gasteiger partial charge < -0.3 is 5.11 Å². The number of carboxylic acids is 1. The van der Waals surface area contributed by atoms with Gasteiger partial charge in [0.15, 0.2) is 4.34 Å². The number of rotatable bonds is 4. The highest BCUT2D eigenvalue weighted by Gasteiger charge is 2.23. The van der Waals surface area contributed by atoms with Crippen LogP contribution < -0.4 is 0 Å². The van der Waals surface area contributed by atoms with E-state index in [-0.39, 0.29) is 5.92 Å². The molecule has 1 aromatic heterocycles. The third-order valence-electron chi connectivity index (χ3n) is 1.49. The second-order valence-electron chi connectivity index (χ2n) is 2.92. The number of aromatic nitrogens is 1. The van der Waals surface area contributed by atoms with Gasteiger partial charge in [-0.3, -0.25) is 4.79 Å². The molecule has 1 rings (SSSR count). The molecule has 0 saturated heterocycles. The number of carboxylic acid groups (broad SMARTS) is 1. The highest BCUT2D eigenvalue weighted by Crippen LogP contribution is 2.29. The average molecular weight is 217 g/mol. The second-order valence-corrected chi connectivity index (χ2v) is 5.20. The molecule has 0 unspecified atom stereocenters. The number of hydrogen-bond donors (Lipinski definition) is 1. The van der Waals surface area contributed by atoms with Crippen LogP contribution in [0.3, 0.4) is 0 Å². The third-order valence-corrected chi connectivity index (χ3v) is 3.94. The zero-order chi connectivity index (χ0) is 9.84. The number of aliphatic carboxylic acids is 1. The molecule has 0 saturated carbocycles. The van der Waals surface area contributed by atoms with Gasteiger partial charge in [0.1, 0.15) is 5.25 Å². The molecule has 0 amide bonds. The van der Waals surface area contributed by atoms with Gasteiger partial charge in [-0.15, -0.1) is 11.3 Å². The zero-order valence-electron chi connectivity index (χ0n) is 7.43. The molecule has 1 atom stereocenters. The van der Waals surface area contributed by atoms with Crippen LogP contribution >= 0.6 is 23.1 Å². The van der Waals surface area contributed by atoms with E-state index < -0.39 is 11.2 Å². The van der Waals surface area contributed by atoms with E-state index in [2.05, 4.69) is 4.98 Å². The Bertz CT molecular complexity index is 272. The lowest BCUT2D eigenvalue weighted by Crippen LogP contribution is -2.22. The molecule has 1 N–H and O–H groups in total. The van der Waals surface area contributed by atoms with Crippen molar-refractivity contribution in [2.75, 3.05) is 0 Å². The zero-order valence-corrected chi connectivity index (χ0v) is 9.06. The van der Waals surface area contributed by atoms with Crippen molar-refractivity contribution in [1.82, 2.24) is 4.98 Å². The van der Waals surface area contributed by atoms with Crippen molar-refractivity contribution < 1.29 is 9.90 Å². The summed E-state index contributed by atoms with van der Waals surface area (Å²) in [6.07, 6.45) is 1.69. The normalized spacial score (nSPS) is 13.2. The Morgan fingerprint density at radius 2 is 2.38 bits per heavy atom. The summed E-state index contributed by atoms with van der Waals surface area (Å²) in [6, 6.07) is 0. The summed E-state index contributed by atoms with van der Waals surface area (Å²) >= 11 is 2.79. The van der Waals surface area contributed by atoms with Crippen molar-refractivity contribution in [2.45, 2.75) is 23.4 Å². The molecule has 0 fully saturated rings. The SMILES string of the molecule is CC(C)[C@@H](Sc1nccs1)C(=O)O. The molecule has 1 aromatic rings. The van der Waals surface area contributed by atoms with Gasteiger partial charge >= 0.3 is 5.97 Å². The van der Waals surface area contributed by atoms with Gasteiger partial charge in [0.25, 0.3) is 0 Å². The Labute approximate surface area is 85.2 Å². The van der Waals surface area contributed by atoms with Crippen LogP contribution in [-0.2, 0) is 4.79 Å². The Morgan fingerprint density at radius 3 is 2.77 bits per heavy atom. The fraction of sp³-hybridized carbons (Fsp3) is 0.500. The molecule has 0 spiro atoms. The summed E-state index contributed by atoms with van der Waals surface area (Å²) in [4.78, 5) is 14.9. The predicted molar refractivity (Wildman–Crippen MR) is 54.2 cm³/mol. The number of carbonyl (C=O) groups is 1. The first-order chi connectivity index (χ1) is 6.11. The van der Waals surface area contributed by atoms with Crippen molar-refractivity contribution >= 4 is 29.1 Å². The minimum atomic E-state index is -0.768. The summed E-state index contributed by atoms with van der Waals surface area (Å²) in [5.41, 5.74) is 0. The minimum absolute atomic E-state index is 0.117. The van der Waals surface area contributed by atoms with Crippen LogP contribution in [0.2, 0.25) is 0 Å². The Kier molecular flexibility index (Phi) is 3.74. The van der Waals surface area contributed by atoms with Crippen LogP contribution in [0.15, 0.2) is 15.9 Å². The molecule has 13 heavy (non-hydrogen) atoms. The monoisotopic (exact) mass is 217 g/mol. The number of thioether (sulfide) groups is 1. The Hall–Kier alpha value is -0.550. The lowest BCUT2D eigenvalue weighted by Gasteiger charge is -2.13. The van der Waals surface area contributed by atoms with E-state index in [0.29, 0.717) is 0 Å². The van der Waals surface area contributed by atoms with Crippen molar-refractivity contribution in [1.29, 1.82) is 0 Å². The summed E-state index contributed by atoms with van der Waals surface area (Å²) in [5.74, 6) is -0.651. The molecule has 5 heteroatoms. The fourth-order valence-electron chi connectivity index (χ4n) is 0.849. The molecule has 0 aliphatic rings. The molecule has 0 radical (unpaired) electrons. The van der Waals surface area contributed by atoms with Gasteiger partial charge in [0.2, 0.25) is 0 Å². The maximum absolute atomic E-state index is 10.8. The van der Waals surface area contributed by atoms with Gasteiger partial charge in [0, 0.05) is 11.6 Å². The van der Waals surface area contributed by atoms with Gasteiger partial charge in [-0.25, -0.2) is 4.98 Å². The first-order valence-corrected chi connectivity index (χ1v) is 5.66. The summed E-state index contributed by atoms with van der Waals surface area (Å²) in [6.45, 7) is 3.80. The topological polar surface area (TPSA) is 50.2 Å². The molecule has 0 aliphatic carbocycles. The van der Waals surface area contributed by atoms with Crippen molar-refractivity contribution in [3.05, 3.63) is 11.6 Å². The predicted octanol–water partition coefficient (Wildman–Crippen LogP) is 2.34. The van der Waals surface area contributed by atoms with E-state index in [9.17, 15) is 4.79 Å². The average Bonchev–Trinajstić information content (AvgIpc) is 2.50. The number of thiazole rings is 1. The van der Waals surface area contributed by atoms with Gasteiger partial charge in [-0.05, 0) is 5.92 Å². The minimum Gasteiger partial charge on any atom is -0.480 e. The quantitative estimate of drug-likeness (QED) is 0.786. The van der Waals surface area contributed by atoms with Gasteiger partial charge in [-0.2, -0.15) is 0 Å². The molecular formula is C8H11NO2S2. The van der Waals surface area contributed by atoms with Crippen LogP contribution in [0.5, 0.6) is 0 Å². The summed E-state index contributed by atoms with van der Waals surface area (Å²) < 4.78 is 0.820. The Morgan fingerprint density at radius 1 is 1.69 bits per heavy atom. The van der Waals surface area contributed by atoms with E-state index in [1.54, 1.807) is 6.20 Å². The lowest BCUT2D eigenvalue weighted by molar-refractivity contribution is -0.137. The molecule has 72 valence electrons. The smallest absolute Gasteiger partial charge is 0.317 e. The molecule has 1 heterocycles. The van der Waals surface area contributed by atoms with E-state index in [1.165, 1.54) is 23.1 Å². The first kappa shape index (κ1) is 10.5. The molecule has 3 nitrogen and oxygen atoms in total. The molecule has 0 bridgehead atoms. The van der Waals surface area contributed by atoms with E-state index in [0.717, 1.165) is 4.34 Å². The maximum Gasteiger partial charge on any atom is 0.317 e. The van der Waals surface area contributed by atoms with Crippen molar-refractivity contribution in [2.24, 2.45) is 5.92 Å². The van der Waals surface area contributed by atoms with Crippen LogP contribution in [0.25, 0.3) is 0 Å². The van der Waals surface area contributed by atoms with Crippen LogP contribution in [0, 0.1) is 5.92 Å². The summed E-state index contributed by atoms with van der Waals surface area (Å²) in [5, 5.41) is 10.4. The van der Waals surface area contributed by atoms with Gasteiger partial charge in [0.05, 0.1) is 0 Å². The van der Waals surface area contributed by atoms with E-state index in [4.69, 9.17) is 5.11 Å². The van der Waals surface area contributed by atoms with Crippen molar-refractivity contribution in [3.8, 4) is 0 Å². The van der Waals surface area contributed by atoms with Crippen LogP contribution in [0.1, 0.15) is 13.8 Å². The van der Waals surface area contributed by atoms with E-state index >= 15 is 0 Å². The standard InChI is InChI=1S/C8H11NO2S2/c1-5(2)6(7(10)11)13-8-9-3-4-12-8/h3-6H,1-2H3,(H,10,11)/t6-/m1/s1.